The first-order chi connectivity index (χ1) is 19.5. The average Bonchev–Trinajstić information content (AvgIpc) is 3.44. The van der Waals surface area contributed by atoms with E-state index < -0.39 is 28.5 Å². The smallest absolute Gasteiger partial charge is 0.264 e. The van der Waals surface area contributed by atoms with E-state index in [4.69, 9.17) is 11.6 Å². The lowest BCUT2D eigenvalue weighted by molar-refractivity contribution is -0.139. The summed E-state index contributed by atoms with van der Waals surface area (Å²) in [6.45, 7) is 6.97. The van der Waals surface area contributed by atoms with Gasteiger partial charge in [0.05, 0.1) is 10.6 Å². The molecule has 0 aromatic heterocycles. The lowest BCUT2D eigenvalue weighted by Gasteiger charge is -2.33. The molecular formula is C32H38ClN3O4S. The molecule has 3 aromatic carbocycles. The average molecular weight is 596 g/mol. The number of anilines is 1. The van der Waals surface area contributed by atoms with Gasteiger partial charge in [0.1, 0.15) is 12.6 Å². The van der Waals surface area contributed by atoms with Crippen LogP contribution in [0.4, 0.5) is 5.69 Å². The molecule has 3 aromatic rings. The molecule has 0 aliphatic heterocycles. The SMILES string of the molecule is Cc1ccc(S(=O)(=O)N(CC(=O)N(Cc2ccccc2C)[C@H](C)C(=O)NC2CCCC2)c2ccc(Cl)cc2C)cc1. The second-order valence-electron chi connectivity index (χ2n) is 10.9. The van der Waals surface area contributed by atoms with Gasteiger partial charge in [0, 0.05) is 17.6 Å². The zero-order valence-electron chi connectivity index (χ0n) is 24.1. The van der Waals surface area contributed by atoms with Crippen molar-refractivity contribution in [3.8, 4) is 0 Å². The molecule has 0 heterocycles. The Labute approximate surface area is 248 Å². The van der Waals surface area contributed by atoms with Crippen LogP contribution in [0.15, 0.2) is 71.6 Å². The number of nitrogens with zero attached hydrogens (tertiary/aromatic N) is 2. The molecule has 1 aliphatic carbocycles. The molecule has 218 valence electrons. The molecular weight excluding hydrogens is 558 g/mol. The monoisotopic (exact) mass is 595 g/mol. The van der Waals surface area contributed by atoms with E-state index >= 15 is 0 Å². The molecule has 1 aliphatic rings. The number of carbonyl (C=O) groups excluding carboxylic acids is 2. The van der Waals surface area contributed by atoms with E-state index in [0.717, 1.165) is 46.7 Å². The maximum Gasteiger partial charge on any atom is 0.264 e. The third-order valence-corrected chi connectivity index (χ3v) is 9.80. The van der Waals surface area contributed by atoms with E-state index in [2.05, 4.69) is 5.32 Å². The first-order valence-electron chi connectivity index (χ1n) is 14.0. The minimum atomic E-state index is -4.14. The maximum absolute atomic E-state index is 14.1. The lowest BCUT2D eigenvalue weighted by atomic mass is 10.1. The van der Waals surface area contributed by atoms with Crippen LogP contribution in [0.1, 0.15) is 54.9 Å². The molecule has 0 unspecified atom stereocenters. The van der Waals surface area contributed by atoms with Crippen LogP contribution in [0.2, 0.25) is 5.02 Å². The quantitative estimate of drug-likeness (QED) is 0.314. The summed E-state index contributed by atoms with van der Waals surface area (Å²) in [6, 6.07) is 18.4. The number of sulfonamides is 1. The van der Waals surface area contributed by atoms with E-state index in [1.165, 1.54) is 17.0 Å². The number of nitrogens with one attached hydrogen (secondary N) is 1. The van der Waals surface area contributed by atoms with Crippen molar-refractivity contribution in [2.24, 2.45) is 0 Å². The van der Waals surface area contributed by atoms with Crippen LogP contribution in [0.25, 0.3) is 0 Å². The Hall–Kier alpha value is -3.36. The van der Waals surface area contributed by atoms with Gasteiger partial charge in [0.2, 0.25) is 11.8 Å². The van der Waals surface area contributed by atoms with Gasteiger partial charge in [0.25, 0.3) is 10.0 Å². The highest BCUT2D eigenvalue weighted by Crippen LogP contribution is 2.30. The van der Waals surface area contributed by atoms with E-state index in [0.29, 0.717) is 16.3 Å². The van der Waals surface area contributed by atoms with Gasteiger partial charge in [-0.2, -0.15) is 0 Å². The number of rotatable bonds is 10. The summed E-state index contributed by atoms with van der Waals surface area (Å²) in [5.74, 6) is -0.721. The van der Waals surface area contributed by atoms with E-state index in [1.54, 1.807) is 44.2 Å². The van der Waals surface area contributed by atoms with Crippen molar-refractivity contribution >= 4 is 39.1 Å². The fourth-order valence-electron chi connectivity index (χ4n) is 5.20. The minimum absolute atomic E-state index is 0.0720. The molecule has 2 amide bonds. The largest absolute Gasteiger partial charge is 0.352 e. The van der Waals surface area contributed by atoms with Gasteiger partial charge in [-0.05, 0) is 87.6 Å². The Kier molecular flexibility index (Phi) is 9.76. The third-order valence-electron chi connectivity index (χ3n) is 7.79. The van der Waals surface area contributed by atoms with Crippen LogP contribution in [-0.2, 0) is 26.2 Å². The summed E-state index contributed by atoms with van der Waals surface area (Å²) >= 11 is 6.19. The Morgan fingerprint density at radius 2 is 1.61 bits per heavy atom. The molecule has 1 atom stereocenters. The van der Waals surface area contributed by atoms with Crippen molar-refractivity contribution < 1.29 is 18.0 Å². The van der Waals surface area contributed by atoms with Crippen LogP contribution >= 0.6 is 11.6 Å². The van der Waals surface area contributed by atoms with E-state index in [-0.39, 0.29) is 23.4 Å². The normalized spacial score (nSPS) is 14.5. The van der Waals surface area contributed by atoms with Crippen molar-refractivity contribution in [1.29, 1.82) is 0 Å². The molecule has 9 heteroatoms. The van der Waals surface area contributed by atoms with Crippen molar-refractivity contribution in [1.82, 2.24) is 10.2 Å². The number of halogens is 1. The van der Waals surface area contributed by atoms with Crippen molar-refractivity contribution in [3.05, 3.63) is 94.0 Å². The molecule has 0 saturated heterocycles. The fraction of sp³-hybridized carbons (Fsp3) is 0.375. The number of carbonyl (C=O) groups is 2. The predicted molar refractivity (Wildman–Crippen MR) is 163 cm³/mol. The summed E-state index contributed by atoms with van der Waals surface area (Å²) in [5.41, 5.74) is 3.74. The molecule has 4 rings (SSSR count). The first kappa shape index (κ1) is 30.6. The van der Waals surface area contributed by atoms with Gasteiger partial charge in [-0.15, -0.1) is 0 Å². The van der Waals surface area contributed by atoms with Crippen LogP contribution < -0.4 is 9.62 Å². The summed E-state index contributed by atoms with van der Waals surface area (Å²) in [7, 11) is -4.14. The topological polar surface area (TPSA) is 86.8 Å². The highest BCUT2D eigenvalue weighted by molar-refractivity contribution is 7.92. The highest BCUT2D eigenvalue weighted by Gasteiger charge is 2.34. The molecule has 0 radical (unpaired) electrons. The standard InChI is InChI=1S/C32H38ClN3O4S/c1-22-13-16-29(17-14-22)41(39,40)36(30-18-15-27(33)19-24(30)3)21-31(37)35(20-26-10-6-5-9-23(26)2)25(4)32(38)34-28-11-7-8-12-28/h5-6,9-10,13-19,25,28H,7-8,11-12,20-21H2,1-4H3,(H,34,38)/t25-/m1/s1. The summed E-state index contributed by atoms with van der Waals surface area (Å²) < 4.78 is 29.2. The molecule has 7 nitrogen and oxygen atoms in total. The molecule has 41 heavy (non-hydrogen) atoms. The summed E-state index contributed by atoms with van der Waals surface area (Å²) in [6.07, 6.45) is 3.97. The minimum Gasteiger partial charge on any atom is -0.352 e. The Balaban J connectivity index is 1.72. The maximum atomic E-state index is 14.1. The van der Waals surface area contributed by atoms with Crippen LogP contribution in [-0.4, -0.2) is 43.8 Å². The fourth-order valence-corrected chi connectivity index (χ4v) is 6.90. The van der Waals surface area contributed by atoms with Gasteiger partial charge in [-0.3, -0.25) is 13.9 Å². The van der Waals surface area contributed by atoms with Gasteiger partial charge in [-0.1, -0.05) is 66.4 Å². The lowest BCUT2D eigenvalue weighted by Crippen LogP contribution is -2.52. The molecule has 1 fully saturated rings. The van der Waals surface area contributed by atoms with Gasteiger partial charge >= 0.3 is 0 Å². The third kappa shape index (κ3) is 7.29. The van der Waals surface area contributed by atoms with Gasteiger partial charge < -0.3 is 10.2 Å². The number of hydrogen-bond donors (Lipinski definition) is 1. The number of amides is 2. The summed E-state index contributed by atoms with van der Waals surface area (Å²) in [4.78, 5) is 29.1. The van der Waals surface area contributed by atoms with Crippen LogP contribution in [0.5, 0.6) is 0 Å². The Morgan fingerprint density at radius 3 is 2.24 bits per heavy atom. The predicted octanol–water partition coefficient (Wildman–Crippen LogP) is 5.94. The zero-order chi connectivity index (χ0) is 29.7. The van der Waals surface area contributed by atoms with E-state index in [1.807, 2.05) is 38.1 Å². The number of hydrogen-bond acceptors (Lipinski definition) is 4. The summed E-state index contributed by atoms with van der Waals surface area (Å²) in [5, 5.41) is 3.56. The van der Waals surface area contributed by atoms with Gasteiger partial charge in [-0.25, -0.2) is 8.42 Å². The van der Waals surface area contributed by atoms with Gasteiger partial charge in [0.15, 0.2) is 0 Å². The van der Waals surface area contributed by atoms with Crippen LogP contribution in [0.3, 0.4) is 0 Å². The zero-order valence-corrected chi connectivity index (χ0v) is 25.6. The van der Waals surface area contributed by atoms with Crippen molar-refractivity contribution in [2.75, 3.05) is 10.8 Å². The van der Waals surface area contributed by atoms with Crippen molar-refractivity contribution in [3.63, 3.8) is 0 Å². The first-order valence-corrected chi connectivity index (χ1v) is 15.8. The highest BCUT2D eigenvalue weighted by atomic mass is 35.5. The second kappa shape index (κ2) is 13.1. The number of benzene rings is 3. The second-order valence-corrected chi connectivity index (χ2v) is 13.2. The Bertz CT molecular complexity index is 1500. The molecule has 0 bridgehead atoms. The molecule has 0 spiro atoms. The molecule has 1 saturated carbocycles. The van der Waals surface area contributed by atoms with E-state index in [9.17, 15) is 18.0 Å². The van der Waals surface area contributed by atoms with Crippen molar-refractivity contribution in [2.45, 2.75) is 76.9 Å². The molecule has 1 N–H and O–H groups in total. The van der Waals surface area contributed by atoms with Crippen LogP contribution in [0, 0.1) is 20.8 Å². The number of aryl methyl sites for hydroxylation is 3. The Morgan fingerprint density at radius 1 is 0.951 bits per heavy atom.